The molecular formula is C33H45FN5O10P. The van der Waals surface area contributed by atoms with Gasteiger partial charge < -0.3 is 29.2 Å². The minimum absolute atomic E-state index is 0.0922. The highest BCUT2D eigenvalue weighted by molar-refractivity contribution is 7.52. The molecule has 1 aromatic carbocycles. The van der Waals surface area contributed by atoms with E-state index >= 15 is 4.39 Å². The lowest BCUT2D eigenvalue weighted by Crippen LogP contribution is -2.56. The molecule has 0 aliphatic carbocycles. The van der Waals surface area contributed by atoms with Crippen LogP contribution < -0.4 is 15.3 Å². The first-order chi connectivity index (χ1) is 23.9. The van der Waals surface area contributed by atoms with E-state index in [1.165, 1.54) is 42.9 Å². The van der Waals surface area contributed by atoms with Crippen LogP contribution in [0.2, 0.25) is 0 Å². The molecule has 0 saturated carbocycles. The number of nitrogens with zero attached hydrogens (tertiary/aromatic N) is 3. The monoisotopic (exact) mass is 721 g/mol. The molecule has 0 radical (unpaired) electrons. The molecule has 0 spiro atoms. The molecule has 0 bridgehead atoms. The molecule has 1 aliphatic rings. The van der Waals surface area contributed by atoms with Crippen LogP contribution in [0, 0.1) is 5.92 Å². The van der Waals surface area contributed by atoms with E-state index in [0.29, 0.717) is 5.52 Å². The number of esters is 3. The Labute approximate surface area is 289 Å². The van der Waals surface area contributed by atoms with E-state index in [2.05, 4.69) is 15.2 Å². The third kappa shape index (κ3) is 8.43. The summed E-state index contributed by atoms with van der Waals surface area (Å²) in [6.45, 7) is 5.88. The van der Waals surface area contributed by atoms with Crippen LogP contribution in [0.25, 0.3) is 5.52 Å². The number of carbonyl (C=O) groups excluding carboxylic acids is 3. The summed E-state index contributed by atoms with van der Waals surface area (Å²) in [6.07, 6.45) is 0.849. The number of nitrogens with two attached hydrogens (primary N) is 1. The van der Waals surface area contributed by atoms with Gasteiger partial charge in [0, 0.05) is 12.8 Å². The van der Waals surface area contributed by atoms with Crippen LogP contribution in [0.5, 0.6) is 5.75 Å². The smallest absolute Gasteiger partial charge is 0.459 e. The van der Waals surface area contributed by atoms with Gasteiger partial charge in [-0.2, -0.15) is 10.2 Å². The predicted octanol–water partition coefficient (Wildman–Crippen LogP) is 4.68. The average Bonchev–Trinajstić information content (AvgIpc) is 3.69. The second-order valence-corrected chi connectivity index (χ2v) is 13.6. The molecule has 3 aromatic rings. The number of ether oxygens (including phenoxy) is 4. The van der Waals surface area contributed by atoms with Gasteiger partial charge in [0.2, 0.25) is 5.60 Å². The Morgan fingerprint density at radius 3 is 2.44 bits per heavy atom. The molecule has 274 valence electrons. The summed E-state index contributed by atoms with van der Waals surface area (Å²) in [5, 5.41) is 6.83. The van der Waals surface area contributed by atoms with Crippen LogP contribution in [0.1, 0.15) is 66.0 Å². The molecule has 3 N–H and O–H groups in total. The number of rotatable bonds is 18. The third-order valence-corrected chi connectivity index (χ3v) is 10.1. The Bertz CT molecular complexity index is 1670. The van der Waals surface area contributed by atoms with Gasteiger partial charge in [0.25, 0.3) is 0 Å². The zero-order chi connectivity index (χ0) is 36.5. The van der Waals surface area contributed by atoms with E-state index in [1.807, 2.05) is 13.8 Å². The minimum atomic E-state index is -4.56. The number of hydrogen-bond donors (Lipinski definition) is 2. The Morgan fingerprint density at radius 2 is 1.80 bits per heavy atom. The number of alkyl halides is 1. The quantitative estimate of drug-likeness (QED) is 0.105. The zero-order valence-corrected chi connectivity index (χ0v) is 29.7. The van der Waals surface area contributed by atoms with Crippen molar-refractivity contribution >= 4 is 37.0 Å². The molecule has 1 saturated heterocycles. The predicted molar refractivity (Wildman–Crippen MR) is 179 cm³/mol. The number of anilines is 1. The summed E-state index contributed by atoms with van der Waals surface area (Å²) < 4.78 is 66.2. The normalized spacial score (nSPS) is 22.2. The lowest BCUT2D eigenvalue weighted by Gasteiger charge is -2.38. The highest BCUT2D eigenvalue weighted by Gasteiger charge is 2.66. The van der Waals surface area contributed by atoms with Crippen molar-refractivity contribution in [1.29, 1.82) is 0 Å². The van der Waals surface area contributed by atoms with E-state index in [4.69, 9.17) is 33.7 Å². The number of benzene rings is 1. The van der Waals surface area contributed by atoms with Gasteiger partial charge in [-0.05, 0) is 37.1 Å². The summed E-state index contributed by atoms with van der Waals surface area (Å²) in [4.78, 5) is 42.9. The lowest BCUT2D eigenvalue weighted by atomic mass is 9.85. The van der Waals surface area contributed by atoms with E-state index in [1.54, 1.807) is 31.2 Å². The Kier molecular flexibility index (Phi) is 12.9. The van der Waals surface area contributed by atoms with Crippen molar-refractivity contribution in [2.24, 2.45) is 5.92 Å². The van der Waals surface area contributed by atoms with Crippen molar-refractivity contribution in [2.45, 2.75) is 83.6 Å². The molecule has 3 heterocycles. The number of carbonyl (C=O) groups is 3. The summed E-state index contributed by atoms with van der Waals surface area (Å²) in [5.41, 5.74) is 2.34. The van der Waals surface area contributed by atoms with Crippen molar-refractivity contribution in [3.8, 4) is 5.75 Å². The van der Waals surface area contributed by atoms with E-state index < -0.39 is 68.9 Å². The van der Waals surface area contributed by atoms with Gasteiger partial charge in [-0.1, -0.05) is 58.7 Å². The van der Waals surface area contributed by atoms with Crippen molar-refractivity contribution in [2.75, 3.05) is 32.2 Å². The van der Waals surface area contributed by atoms with E-state index in [-0.39, 0.29) is 42.6 Å². The zero-order valence-electron chi connectivity index (χ0n) is 28.8. The molecule has 1 fully saturated rings. The largest absolute Gasteiger partial charge is 0.464 e. The van der Waals surface area contributed by atoms with Crippen LogP contribution in [0.3, 0.4) is 0 Å². The molecule has 2 aromatic heterocycles. The highest BCUT2D eigenvalue weighted by atomic mass is 31.2. The first kappa shape index (κ1) is 38.7. The van der Waals surface area contributed by atoms with Crippen molar-refractivity contribution < 1.29 is 51.3 Å². The van der Waals surface area contributed by atoms with Gasteiger partial charge in [0.05, 0.1) is 25.5 Å². The Morgan fingerprint density at radius 1 is 1.10 bits per heavy atom. The standard InChI is InChI=1S/C33H45FN5O10P/c1-6-23(7-2)17-44-30(42)22(5)38-50(43,49-24-13-11-10-12-14-24)46-19-32(18-34)31(47-27(40)8-3)33(20-45-32,48-28(41)9-4)26-16-15-25-29(35)36-21-37-39(25)26/h10-16,21-23,31H,6-9,17-20H2,1-5H3,(H,38,43)(H2,35,36,37)/t22-,31+,32+,33+,50?/m0/s1. The number of nitrogen functional groups attached to an aromatic ring is 1. The summed E-state index contributed by atoms with van der Waals surface area (Å²) in [7, 11) is -4.56. The molecule has 50 heavy (non-hydrogen) atoms. The van der Waals surface area contributed by atoms with Gasteiger partial charge >= 0.3 is 25.7 Å². The first-order valence-electron chi connectivity index (χ1n) is 16.5. The van der Waals surface area contributed by atoms with Gasteiger partial charge in [0.15, 0.2) is 17.5 Å². The third-order valence-electron chi connectivity index (χ3n) is 8.51. The van der Waals surface area contributed by atoms with E-state index in [0.717, 1.165) is 12.8 Å². The summed E-state index contributed by atoms with van der Waals surface area (Å²) in [5.74, 6) is -1.86. The van der Waals surface area contributed by atoms with Crippen molar-refractivity contribution in [3.63, 3.8) is 0 Å². The fourth-order valence-corrected chi connectivity index (χ4v) is 6.99. The van der Waals surface area contributed by atoms with Gasteiger partial charge in [-0.3, -0.25) is 18.9 Å². The van der Waals surface area contributed by atoms with Gasteiger partial charge in [-0.15, -0.1) is 0 Å². The van der Waals surface area contributed by atoms with Crippen LogP contribution in [0.15, 0.2) is 48.8 Å². The molecule has 1 aliphatic heterocycles. The first-order valence-corrected chi connectivity index (χ1v) is 18.1. The van der Waals surface area contributed by atoms with Gasteiger partial charge in [0.1, 0.15) is 30.3 Å². The fraction of sp³-hybridized carbons (Fsp3) is 0.545. The topological polar surface area (TPSA) is 192 Å². The van der Waals surface area contributed by atoms with Crippen molar-refractivity contribution in [3.05, 3.63) is 54.5 Å². The van der Waals surface area contributed by atoms with Gasteiger partial charge in [-0.25, -0.2) is 18.5 Å². The molecule has 17 heteroatoms. The highest BCUT2D eigenvalue weighted by Crippen LogP contribution is 2.51. The Balaban J connectivity index is 1.74. The van der Waals surface area contributed by atoms with Crippen LogP contribution in [0.4, 0.5) is 10.2 Å². The van der Waals surface area contributed by atoms with Crippen LogP contribution in [-0.4, -0.2) is 76.7 Å². The lowest BCUT2D eigenvalue weighted by molar-refractivity contribution is -0.191. The minimum Gasteiger partial charge on any atom is -0.464 e. The SMILES string of the molecule is CCC(=O)O[C@@H]1[C@@](CF)(COP(=O)(N[C@@H](C)C(=O)OCC(CC)CC)Oc2ccccc2)OC[C@@]1(OC(=O)CC)c1ccc2c(N)ncnn12. The molecular weight excluding hydrogens is 676 g/mol. The number of nitrogens with one attached hydrogen (secondary N) is 1. The Hall–Kier alpha value is -4.11. The van der Waals surface area contributed by atoms with Crippen LogP contribution >= 0.6 is 7.75 Å². The maximum atomic E-state index is 15.6. The van der Waals surface area contributed by atoms with Crippen molar-refractivity contribution in [1.82, 2.24) is 19.7 Å². The fourth-order valence-electron chi connectivity index (χ4n) is 5.44. The molecule has 1 unspecified atom stereocenters. The van der Waals surface area contributed by atoms with E-state index in [9.17, 15) is 18.9 Å². The molecule has 5 atom stereocenters. The van der Waals surface area contributed by atoms with Crippen LogP contribution in [-0.2, 0) is 48.0 Å². The number of halogens is 1. The average molecular weight is 722 g/mol. The molecule has 15 nitrogen and oxygen atoms in total. The number of hydrogen-bond acceptors (Lipinski definition) is 13. The number of fused-ring (bicyclic) bond motifs is 1. The maximum absolute atomic E-state index is 15.6. The summed E-state index contributed by atoms with van der Waals surface area (Å²) >= 11 is 0. The second-order valence-electron chi connectivity index (χ2n) is 11.9. The summed E-state index contributed by atoms with van der Waals surface area (Å²) in [6, 6.07) is 9.88. The second kappa shape index (κ2) is 16.7. The number of para-hydroxylation sites is 1. The molecule has 0 amide bonds. The number of aromatic nitrogens is 3. The maximum Gasteiger partial charge on any atom is 0.459 e. The molecule has 4 rings (SSSR count).